The van der Waals surface area contributed by atoms with Crippen LogP contribution >= 0.6 is 11.6 Å². The second-order valence-corrected chi connectivity index (χ2v) is 4.41. The summed E-state index contributed by atoms with van der Waals surface area (Å²) in [7, 11) is 0. The van der Waals surface area contributed by atoms with Gasteiger partial charge in [-0.05, 0) is 37.6 Å². The van der Waals surface area contributed by atoms with Crippen molar-refractivity contribution in [1.29, 1.82) is 0 Å². The van der Waals surface area contributed by atoms with Crippen molar-refractivity contribution in [3.05, 3.63) is 35.0 Å². The van der Waals surface area contributed by atoms with E-state index >= 15 is 0 Å². The lowest BCUT2D eigenvalue weighted by Gasteiger charge is -2.11. The molecule has 0 aliphatic rings. The van der Waals surface area contributed by atoms with Gasteiger partial charge in [0.15, 0.2) is 0 Å². The predicted molar refractivity (Wildman–Crippen MR) is 70.7 cm³/mol. The summed E-state index contributed by atoms with van der Waals surface area (Å²) in [6.45, 7) is 3.86. The number of hydrogen-bond acceptors (Lipinski definition) is 3. The van der Waals surface area contributed by atoms with Crippen LogP contribution in [0.1, 0.15) is 12.5 Å². The van der Waals surface area contributed by atoms with Crippen molar-refractivity contribution in [1.82, 2.24) is 4.98 Å². The lowest BCUT2D eigenvalue weighted by atomic mass is 10.1. The number of hydrogen-bond donors (Lipinski definition) is 1. The van der Waals surface area contributed by atoms with Crippen molar-refractivity contribution in [3.8, 4) is 0 Å². The topological polar surface area (TPSA) is 42.0 Å². The maximum Gasteiger partial charge on any atom is 0.148 e. The largest absolute Gasteiger partial charge is 0.377 e. The van der Waals surface area contributed by atoms with E-state index in [-0.39, 0.29) is 5.78 Å². The highest BCUT2D eigenvalue weighted by molar-refractivity contribution is 6.35. The Kier molecular flexibility index (Phi) is 3.29. The first-order valence-corrected chi connectivity index (χ1v) is 5.74. The Bertz CT molecular complexity index is 581. The number of benzene rings is 1. The molecule has 0 spiro atoms. The Hall–Kier alpha value is -1.61. The van der Waals surface area contributed by atoms with E-state index in [1.165, 1.54) is 0 Å². The quantitative estimate of drug-likeness (QED) is 0.907. The van der Waals surface area contributed by atoms with Crippen LogP contribution in [0.15, 0.2) is 24.4 Å². The van der Waals surface area contributed by atoms with E-state index in [0.717, 1.165) is 22.2 Å². The molecule has 0 saturated heterocycles. The number of halogens is 1. The van der Waals surface area contributed by atoms with Gasteiger partial charge in [-0.2, -0.15) is 0 Å². The van der Waals surface area contributed by atoms with Gasteiger partial charge in [0.1, 0.15) is 5.78 Å². The average Bonchev–Trinajstić information content (AvgIpc) is 2.29. The van der Waals surface area contributed by atoms with E-state index in [1.54, 1.807) is 19.2 Å². The van der Waals surface area contributed by atoms with Gasteiger partial charge in [0.25, 0.3) is 0 Å². The molecular formula is C13H13ClN2O. The smallest absolute Gasteiger partial charge is 0.148 e. The average molecular weight is 249 g/mol. The maximum absolute atomic E-state index is 11.0. The molecule has 1 aromatic carbocycles. The summed E-state index contributed by atoms with van der Waals surface area (Å²) in [5, 5.41) is 4.70. The van der Waals surface area contributed by atoms with Crippen molar-refractivity contribution in [2.75, 3.05) is 11.9 Å². The van der Waals surface area contributed by atoms with Crippen molar-refractivity contribution >= 4 is 34.0 Å². The third-order valence-electron chi connectivity index (χ3n) is 2.58. The first-order valence-electron chi connectivity index (χ1n) is 5.36. The molecule has 0 amide bonds. The fourth-order valence-corrected chi connectivity index (χ4v) is 1.97. The standard InChI is InChI=1S/C13H13ClN2O/c1-8-5-6-15-13-10(14)3-4-11(12(8)13)16-7-9(2)17/h3-6,16H,7H2,1-2H3. The van der Waals surface area contributed by atoms with Crippen LogP contribution < -0.4 is 5.32 Å². The molecule has 0 aliphatic carbocycles. The lowest BCUT2D eigenvalue weighted by molar-refractivity contribution is -0.115. The van der Waals surface area contributed by atoms with Gasteiger partial charge >= 0.3 is 0 Å². The van der Waals surface area contributed by atoms with Crippen molar-refractivity contribution in [2.24, 2.45) is 0 Å². The van der Waals surface area contributed by atoms with Gasteiger partial charge in [-0.1, -0.05) is 11.6 Å². The van der Waals surface area contributed by atoms with Crippen LogP contribution in [0.3, 0.4) is 0 Å². The van der Waals surface area contributed by atoms with Gasteiger partial charge in [-0.25, -0.2) is 0 Å². The Morgan fingerprint density at radius 2 is 2.18 bits per heavy atom. The van der Waals surface area contributed by atoms with E-state index in [1.807, 2.05) is 19.1 Å². The molecule has 0 fully saturated rings. The number of ketones is 1. The molecule has 0 unspecified atom stereocenters. The highest BCUT2D eigenvalue weighted by Gasteiger charge is 2.08. The number of anilines is 1. The number of nitrogens with zero attached hydrogens (tertiary/aromatic N) is 1. The molecule has 0 atom stereocenters. The molecule has 1 heterocycles. The molecular weight excluding hydrogens is 236 g/mol. The van der Waals surface area contributed by atoms with E-state index in [9.17, 15) is 4.79 Å². The summed E-state index contributed by atoms with van der Waals surface area (Å²) in [6, 6.07) is 5.60. The molecule has 1 N–H and O–H groups in total. The van der Waals surface area contributed by atoms with Crippen LogP contribution in [0.25, 0.3) is 10.9 Å². The van der Waals surface area contributed by atoms with Crippen molar-refractivity contribution in [2.45, 2.75) is 13.8 Å². The number of carbonyl (C=O) groups excluding carboxylic acids is 1. The van der Waals surface area contributed by atoms with Crippen LogP contribution in [0.5, 0.6) is 0 Å². The van der Waals surface area contributed by atoms with Crippen LogP contribution in [0, 0.1) is 6.92 Å². The first kappa shape index (κ1) is 11.9. The second kappa shape index (κ2) is 4.72. The molecule has 2 rings (SSSR count). The Morgan fingerprint density at radius 3 is 2.88 bits per heavy atom. The summed E-state index contributed by atoms with van der Waals surface area (Å²) in [5.41, 5.74) is 2.74. The summed E-state index contributed by atoms with van der Waals surface area (Å²) in [6.07, 6.45) is 1.73. The molecule has 1 aromatic heterocycles. The summed E-state index contributed by atoms with van der Waals surface area (Å²) in [4.78, 5) is 15.3. The molecule has 0 saturated carbocycles. The molecule has 0 radical (unpaired) electrons. The van der Waals surface area contributed by atoms with E-state index < -0.39 is 0 Å². The first-order chi connectivity index (χ1) is 8.09. The maximum atomic E-state index is 11.0. The zero-order valence-corrected chi connectivity index (χ0v) is 10.5. The summed E-state index contributed by atoms with van der Waals surface area (Å²) < 4.78 is 0. The molecule has 0 aliphatic heterocycles. The summed E-state index contributed by atoms with van der Waals surface area (Å²) >= 11 is 6.11. The minimum Gasteiger partial charge on any atom is -0.377 e. The van der Waals surface area contributed by atoms with Gasteiger partial charge in [0.2, 0.25) is 0 Å². The van der Waals surface area contributed by atoms with Gasteiger partial charge in [-0.15, -0.1) is 0 Å². The van der Waals surface area contributed by atoms with Crippen LogP contribution in [0.2, 0.25) is 5.02 Å². The number of rotatable bonds is 3. The minimum absolute atomic E-state index is 0.0923. The fourth-order valence-electron chi connectivity index (χ4n) is 1.77. The van der Waals surface area contributed by atoms with Gasteiger partial charge in [-0.3, -0.25) is 9.78 Å². The predicted octanol–water partition coefficient (Wildman–Crippen LogP) is 3.20. The highest BCUT2D eigenvalue weighted by Crippen LogP contribution is 2.30. The molecule has 3 nitrogen and oxygen atoms in total. The highest BCUT2D eigenvalue weighted by atomic mass is 35.5. The van der Waals surface area contributed by atoms with Crippen molar-refractivity contribution in [3.63, 3.8) is 0 Å². The zero-order valence-electron chi connectivity index (χ0n) is 9.75. The number of nitrogens with one attached hydrogen (secondary N) is 1. The SMILES string of the molecule is CC(=O)CNc1ccc(Cl)c2nccc(C)c12. The van der Waals surface area contributed by atoms with E-state index in [2.05, 4.69) is 10.3 Å². The Morgan fingerprint density at radius 1 is 1.41 bits per heavy atom. The lowest BCUT2D eigenvalue weighted by Crippen LogP contribution is -2.10. The Balaban J connectivity index is 2.56. The van der Waals surface area contributed by atoms with Crippen LogP contribution in [-0.4, -0.2) is 17.3 Å². The number of fused-ring (bicyclic) bond motifs is 1. The summed E-state index contributed by atoms with van der Waals surface area (Å²) in [5.74, 6) is 0.0923. The number of pyridine rings is 1. The molecule has 2 aromatic rings. The number of aryl methyl sites for hydroxylation is 1. The monoisotopic (exact) mass is 248 g/mol. The molecule has 88 valence electrons. The van der Waals surface area contributed by atoms with E-state index in [0.29, 0.717) is 11.6 Å². The number of aromatic nitrogens is 1. The molecule has 17 heavy (non-hydrogen) atoms. The fraction of sp³-hybridized carbons (Fsp3) is 0.231. The Labute approximate surface area is 105 Å². The second-order valence-electron chi connectivity index (χ2n) is 4.00. The normalized spacial score (nSPS) is 10.5. The van der Waals surface area contributed by atoms with Gasteiger partial charge in [0.05, 0.1) is 17.1 Å². The van der Waals surface area contributed by atoms with Crippen LogP contribution in [-0.2, 0) is 4.79 Å². The third-order valence-corrected chi connectivity index (χ3v) is 2.88. The minimum atomic E-state index is 0.0923. The van der Waals surface area contributed by atoms with Gasteiger partial charge < -0.3 is 5.32 Å². The van der Waals surface area contributed by atoms with Crippen LogP contribution in [0.4, 0.5) is 5.69 Å². The molecule has 4 heteroatoms. The van der Waals surface area contributed by atoms with E-state index in [4.69, 9.17) is 11.6 Å². The number of Topliss-reactive ketones (excluding diaryl/α,β-unsaturated/α-hetero) is 1. The van der Waals surface area contributed by atoms with Gasteiger partial charge in [0, 0.05) is 17.3 Å². The van der Waals surface area contributed by atoms with Crippen molar-refractivity contribution < 1.29 is 4.79 Å². The zero-order chi connectivity index (χ0) is 12.4. The number of carbonyl (C=O) groups is 1. The third kappa shape index (κ3) is 2.39. The molecule has 0 bridgehead atoms.